The fourth-order valence-electron chi connectivity index (χ4n) is 2.41. The smallest absolute Gasteiger partial charge is 0.277 e. The van der Waals surface area contributed by atoms with Crippen LogP contribution in [0, 0.1) is 0 Å². The number of hydrazone groups is 1. The maximum Gasteiger partial charge on any atom is 0.277 e. The van der Waals surface area contributed by atoms with E-state index >= 15 is 0 Å². The summed E-state index contributed by atoms with van der Waals surface area (Å²) in [4.78, 5) is 11.9. The molecule has 144 valence electrons. The zero-order valence-corrected chi connectivity index (χ0v) is 18.1. The maximum absolute atomic E-state index is 11.9. The predicted octanol–water partition coefficient (Wildman–Crippen LogP) is 5.40. The highest BCUT2D eigenvalue weighted by Crippen LogP contribution is 2.31. The van der Waals surface area contributed by atoms with Gasteiger partial charge in [-0.15, -0.1) is 0 Å². The van der Waals surface area contributed by atoms with Gasteiger partial charge in [0.2, 0.25) is 0 Å². The van der Waals surface area contributed by atoms with Crippen molar-refractivity contribution < 1.29 is 9.53 Å². The summed E-state index contributed by atoms with van der Waals surface area (Å²) in [6, 6.07) is 14.0. The molecule has 5 heteroatoms. The van der Waals surface area contributed by atoms with Gasteiger partial charge in [0.25, 0.3) is 5.91 Å². The minimum Gasteiger partial charge on any atom is -0.483 e. The molecule has 0 aliphatic heterocycles. The van der Waals surface area contributed by atoms with Crippen LogP contribution in [0.4, 0.5) is 0 Å². The third kappa shape index (κ3) is 6.51. The van der Waals surface area contributed by atoms with E-state index in [1.54, 1.807) is 6.21 Å². The molecule has 0 aliphatic rings. The number of hydrogen-bond acceptors (Lipinski definition) is 3. The number of nitrogens with zero attached hydrogens (tertiary/aromatic N) is 1. The van der Waals surface area contributed by atoms with Gasteiger partial charge in [-0.25, -0.2) is 5.43 Å². The lowest BCUT2D eigenvalue weighted by atomic mass is 9.87. The molecule has 0 bridgehead atoms. The number of hydrogen-bond donors (Lipinski definition) is 1. The van der Waals surface area contributed by atoms with Crippen molar-refractivity contribution in [1.29, 1.82) is 0 Å². The Morgan fingerprint density at radius 2 is 1.85 bits per heavy atom. The Labute approximate surface area is 170 Å². The molecule has 2 rings (SSSR count). The highest BCUT2D eigenvalue weighted by atomic mass is 79.9. The quantitative estimate of drug-likeness (QED) is 0.492. The summed E-state index contributed by atoms with van der Waals surface area (Å²) >= 11 is 3.50. The third-order valence-electron chi connectivity index (χ3n) is 4.16. The highest BCUT2D eigenvalue weighted by molar-refractivity contribution is 9.10. The van der Waals surface area contributed by atoms with Gasteiger partial charge in [-0.05, 0) is 56.1 Å². The second-order valence-corrected chi connectivity index (χ2v) is 8.65. The molecule has 0 unspecified atom stereocenters. The molecule has 0 fully saturated rings. The molecule has 0 saturated carbocycles. The number of amides is 1. The van der Waals surface area contributed by atoms with Gasteiger partial charge >= 0.3 is 0 Å². The van der Waals surface area contributed by atoms with E-state index in [0.29, 0.717) is 11.7 Å². The molecule has 4 nitrogen and oxygen atoms in total. The first kappa shape index (κ1) is 21.2. The van der Waals surface area contributed by atoms with E-state index in [1.165, 1.54) is 11.1 Å². The van der Waals surface area contributed by atoms with Crippen molar-refractivity contribution in [2.75, 3.05) is 6.61 Å². The fraction of sp³-hybridized carbons (Fsp3) is 0.364. The van der Waals surface area contributed by atoms with Crippen molar-refractivity contribution in [3.63, 3.8) is 0 Å². The van der Waals surface area contributed by atoms with E-state index in [-0.39, 0.29) is 17.9 Å². The lowest BCUT2D eigenvalue weighted by Crippen LogP contribution is -2.24. The lowest BCUT2D eigenvalue weighted by Gasteiger charge is -2.20. The van der Waals surface area contributed by atoms with Crippen LogP contribution >= 0.6 is 15.9 Å². The van der Waals surface area contributed by atoms with Crippen LogP contribution < -0.4 is 10.2 Å². The van der Waals surface area contributed by atoms with Gasteiger partial charge in [0, 0.05) is 0 Å². The van der Waals surface area contributed by atoms with Gasteiger partial charge in [0.15, 0.2) is 6.61 Å². The first-order valence-corrected chi connectivity index (χ1v) is 9.81. The van der Waals surface area contributed by atoms with Crippen LogP contribution in [-0.2, 0) is 10.2 Å². The monoisotopic (exact) mass is 430 g/mol. The number of carbonyl (C=O) groups excluding carboxylic acids is 1. The fourth-order valence-corrected chi connectivity index (χ4v) is 2.90. The van der Waals surface area contributed by atoms with Crippen LogP contribution in [0.3, 0.4) is 0 Å². The summed E-state index contributed by atoms with van der Waals surface area (Å²) in [6.07, 6.45) is 1.62. The van der Waals surface area contributed by atoms with Crippen molar-refractivity contribution in [3.8, 4) is 5.75 Å². The average Bonchev–Trinajstić information content (AvgIpc) is 2.60. The molecule has 0 radical (unpaired) electrons. The molecule has 0 atom stereocenters. The van der Waals surface area contributed by atoms with Gasteiger partial charge in [0.05, 0.1) is 10.7 Å². The van der Waals surface area contributed by atoms with E-state index in [4.69, 9.17) is 4.74 Å². The molecule has 0 heterocycles. The summed E-state index contributed by atoms with van der Waals surface area (Å²) < 4.78 is 6.41. The Balaban J connectivity index is 1.85. The Bertz CT molecular complexity index is 806. The van der Waals surface area contributed by atoms with Crippen molar-refractivity contribution >= 4 is 28.1 Å². The molecule has 0 saturated heterocycles. The molecule has 2 aromatic carbocycles. The molecule has 2 aromatic rings. The number of carbonyl (C=O) groups is 1. The Morgan fingerprint density at radius 1 is 1.19 bits per heavy atom. The second-order valence-electron chi connectivity index (χ2n) is 7.80. The molecule has 27 heavy (non-hydrogen) atoms. The number of halogens is 1. The topological polar surface area (TPSA) is 50.7 Å². The Kier molecular flexibility index (Phi) is 7.19. The molecular weight excluding hydrogens is 404 g/mol. The first-order valence-electron chi connectivity index (χ1n) is 9.01. The zero-order chi connectivity index (χ0) is 20.0. The largest absolute Gasteiger partial charge is 0.483 e. The molecule has 1 amide bonds. The van der Waals surface area contributed by atoms with E-state index in [9.17, 15) is 4.79 Å². The van der Waals surface area contributed by atoms with E-state index < -0.39 is 0 Å². The third-order valence-corrected chi connectivity index (χ3v) is 4.78. The maximum atomic E-state index is 11.9. The summed E-state index contributed by atoms with van der Waals surface area (Å²) in [7, 11) is 0. The number of nitrogens with one attached hydrogen (secondary N) is 1. The number of rotatable bonds is 6. The minimum atomic E-state index is -0.308. The molecular formula is C22H27BrN2O2. The Morgan fingerprint density at radius 3 is 2.41 bits per heavy atom. The van der Waals surface area contributed by atoms with Gasteiger partial charge in [-0.2, -0.15) is 5.10 Å². The van der Waals surface area contributed by atoms with Crippen molar-refractivity contribution in [1.82, 2.24) is 5.43 Å². The number of benzene rings is 2. The van der Waals surface area contributed by atoms with Crippen LogP contribution in [0.15, 0.2) is 52.0 Å². The molecule has 0 aliphatic carbocycles. The van der Waals surface area contributed by atoms with E-state index in [0.717, 1.165) is 10.0 Å². The summed E-state index contributed by atoms with van der Waals surface area (Å²) in [5.41, 5.74) is 5.94. The van der Waals surface area contributed by atoms with E-state index in [1.807, 2.05) is 30.3 Å². The van der Waals surface area contributed by atoms with Crippen LogP contribution in [0.5, 0.6) is 5.75 Å². The first-order chi connectivity index (χ1) is 12.7. The van der Waals surface area contributed by atoms with Crippen molar-refractivity contribution in [2.45, 2.75) is 46.0 Å². The van der Waals surface area contributed by atoms with Crippen LogP contribution in [0.25, 0.3) is 0 Å². The van der Waals surface area contributed by atoms with Crippen molar-refractivity contribution in [3.05, 3.63) is 63.6 Å². The van der Waals surface area contributed by atoms with Crippen LogP contribution in [0.2, 0.25) is 0 Å². The van der Waals surface area contributed by atoms with Crippen LogP contribution in [-0.4, -0.2) is 18.7 Å². The summed E-state index contributed by atoms with van der Waals surface area (Å²) in [6.45, 7) is 10.7. The normalized spacial score (nSPS) is 11.8. The number of ether oxygens (including phenoxy) is 1. The summed E-state index contributed by atoms with van der Waals surface area (Å²) in [5, 5.41) is 3.98. The molecule has 0 aromatic heterocycles. The zero-order valence-electron chi connectivity index (χ0n) is 16.5. The van der Waals surface area contributed by atoms with Gasteiger partial charge in [0.1, 0.15) is 5.75 Å². The minimum absolute atomic E-state index is 0.0561. The Hall–Kier alpha value is -2.14. The van der Waals surface area contributed by atoms with E-state index in [2.05, 4.69) is 73.2 Å². The van der Waals surface area contributed by atoms with Crippen molar-refractivity contribution in [2.24, 2.45) is 5.10 Å². The lowest BCUT2D eigenvalue weighted by molar-refractivity contribution is -0.123. The average molecular weight is 431 g/mol. The highest BCUT2D eigenvalue weighted by Gasteiger charge is 2.15. The SMILES string of the molecule is CC(C)c1ccc(/C=N\NC(=O)COc2ccc(C(C)(C)C)cc2Br)cc1. The van der Waals surface area contributed by atoms with Crippen LogP contribution in [0.1, 0.15) is 57.2 Å². The standard InChI is InChI=1S/C22H27BrN2O2/c1-15(2)17-8-6-16(7-9-17)13-24-25-21(26)14-27-20-11-10-18(12-19(20)23)22(3,4)5/h6-13,15H,14H2,1-5H3,(H,25,26)/b24-13-. The predicted molar refractivity (Wildman–Crippen MR) is 115 cm³/mol. The van der Waals surface area contributed by atoms with Gasteiger partial charge < -0.3 is 4.74 Å². The molecule has 1 N–H and O–H groups in total. The second kappa shape index (κ2) is 9.18. The van der Waals surface area contributed by atoms with Gasteiger partial charge in [-0.3, -0.25) is 4.79 Å². The molecule has 0 spiro atoms. The van der Waals surface area contributed by atoms with Gasteiger partial charge in [-0.1, -0.05) is 65.0 Å². The summed E-state index contributed by atoms with van der Waals surface area (Å²) in [5.74, 6) is 0.813.